The summed E-state index contributed by atoms with van der Waals surface area (Å²) in [6.45, 7) is 1.93. The molecule has 0 aliphatic carbocycles. The van der Waals surface area contributed by atoms with Gasteiger partial charge in [-0.3, -0.25) is 0 Å². The number of benzene rings is 1. The molecular weight excluding hydrogens is 194 g/mol. The molecule has 0 saturated heterocycles. The number of aromatic nitrogens is 3. The topological polar surface area (TPSA) is 68.0 Å². The number of rotatable bonds is 2. The van der Waals surface area contributed by atoms with E-state index in [1.165, 1.54) is 10.9 Å². The van der Waals surface area contributed by atoms with E-state index in [4.69, 9.17) is 5.11 Å². The van der Waals surface area contributed by atoms with Crippen molar-refractivity contribution < 1.29 is 9.90 Å². The molecule has 1 aromatic carbocycles. The number of carboxylic acids is 1. The molecule has 0 aliphatic rings. The van der Waals surface area contributed by atoms with Gasteiger partial charge >= 0.3 is 5.97 Å². The maximum absolute atomic E-state index is 10.6. The monoisotopic (exact) mass is 203 g/mol. The predicted octanol–water partition coefficient (Wildman–Crippen LogP) is 1.27. The highest BCUT2D eigenvalue weighted by Gasteiger charge is 2.09. The third-order valence-corrected chi connectivity index (χ3v) is 2.07. The molecule has 0 radical (unpaired) electrons. The fraction of sp³-hybridized carbons (Fsp3) is 0.100. The van der Waals surface area contributed by atoms with Crippen molar-refractivity contribution in [2.75, 3.05) is 0 Å². The minimum Gasteiger partial charge on any atom is -0.476 e. The highest BCUT2D eigenvalue weighted by atomic mass is 16.4. The minimum absolute atomic E-state index is 0.0572. The number of carbonyl (C=O) groups is 1. The Labute approximate surface area is 86.0 Å². The van der Waals surface area contributed by atoms with Crippen LogP contribution in [0.1, 0.15) is 16.1 Å². The van der Waals surface area contributed by atoms with Crippen LogP contribution in [0.4, 0.5) is 0 Å². The molecule has 5 nitrogen and oxygen atoms in total. The van der Waals surface area contributed by atoms with Gasteiger partial charge in [0.1, 0.15) is 0 Å². The van der Waals surface area contributed by atoms with Crippen molar-refractivity contribution in [3.63, 3.8) is 0 Å². The Morgan fingerprint density at radius 2 is 2.13 bits per heavy atom. The Balaban J connectivity index is 2.46. The summed E-state index contributed by atoms with van der Waals surface area (Å²) in [5.74, 6) is -1.07. The lowest BCUT2D eigenvalue weighted by atomic mass is 10.2. The van der Waals surface area contributed by atoms with Crippen molar-refractivity contribution in [1.29, 1.82) is 0 Å². The van der Waals surface area contributed by atoms with Gasteiger partial charge in [0.25, 0.3) is 0 Å². The maximum atomic E-state index is 10.6. The van der Waals surface area contributed by atoms with E-state index in [1.54, 1.807) is 0 Å². The van der Waals surface area contributed by atoms with Crippen molar-refractivity contribution >= 4 is 5.97 Å². The summed E-state index contributed by atoms with van der Waals surface area (Å²) in [4.78, 5) is 10.6. The number of nitrogens with zero attached hydrogens (tertiary/aromatic N) is 3. The zero-order valence-electron chi connectivity index (χ0n) is 8.08. The molecule has 2 rings (SSSR count). The van der Waals surface area contributed by atoms with Crippen LogP contribution in [0.15, 0.2) is 30.5 Å². The van der Waals surface area contributed by atoms with Crippen molar-refractivity contribution in [3.8, 4) is 5.69 Å². The van der Waals surface area contributed by atoms with E-state index in [2.05, 4.69) is 10.3 Å². The number of para-hydroxylation sites is 1. The first kappa shape index (κ1) is 9.39. The maximum Gasteiger partial charge on any atom is 0.358 e. The lowest BCUT2D eigenvalue weighted by Gasteiger charge is -2.02. The zero-order chi connectivity index (χ0) is 10.8. The minimum atomic E-state index is -1.07. The predicted molar refractivity (Wildman–Crippen MR) is 53.1 cm³/mol. The van der Waals surface area contributed by atoms with Crippen LogP contribution in [0.3, 0.4) is 0 Å². The molecule has 0 amide bonds. The van der Waals surface area contributed by atoms with E-state index in [-0.39, 0.29) is 5.69 Å². The van der Waals surface area contributed by atoms with Crippen LogP contribution in [0.5, 0.6) is 0 Å². The highest BCUT2D eigenvalue weighted by Crippen LogP contribution is 2.11. The molecule has 1 heterocycles. The smallest absolute Gasteiger partial charge is 0.358 e. The van der Waals surface area contributed by atoms with Crippen molar-refractivity contribution in [2.24, 2.45) is 0 Å². The number of hydrogen-bond donors (Lipinski definition) is 1. The number of aromatic carboxylic acids is 1. The Hall–Kier alpha value is -2.17. The molecule has 0 atom stereocenters. The molecule has 0 saturated carbocycles. The van der Waals surface area contributed by atoms with E-state index in [0.717, 1.165) is 11.3 Å². The lowest BCUT2D eigenvalue weighted by molar-refractivity contribution is 0.0690. The second kappa shape index (κ2) is 3.53. The summed E-state index contributed by atoms with van der Waals surface area (Å²) < 4.78 is 1.46. The summed E-state index contributed by atoms with van der Waals surface area (Å²) >= 11 is 0. The molecule has 1 aromatic heterocycles. The second-order valence-electron chi connectivity index (χ2n) is 3.14. The van der Waals surface area contributed by atoms with Gasteiger partial charge in [-0.1, -0.05) is 23.4 Å². The molecule has 0 bridgehead atoms. The van der Waals surface area contributed by atoms with E-state index in [1.807, 2.05) is 31.2 Å². The molecule has 5 heteroatoms. The summed E-state index contributed by atoms with van der Waals surface area (Å²) in [6.07, 6.45) is 1.39. The fourth-order valence-electron chi connectivity index (χ4n) is 1.30. The molecule has 15 heavy (non-hydrogen) atoms. The molecule has 0 aliphatic heterocycles. The SMILES string of the molecule is Cc1ccccc1-n1cc(C(=O)O)nn1. The molecule has 76 valence electrons. The van der Waals surface area contributed by atoms with Crippen LogP contribution in [-0.2, 0) is 0 Å². The van der Waals surface area contributed by atoms with Crippen LogP contribution in [0.25, 0.3) is 5.69 Å². The van der Waals surface area contributed by atoms with Crippen LogP contribution < -0.4 is 0 Å². The Bertz CT molecular complexity index is 505. The van der Waals surface area contributed by atoms with Gasteiger partial charge in [0.15, 0.2) is 5.69 Å². The first-order valence-electron chi connectivity index (χ1n) is 4.40. The van der Waals surface area contributed by atoms with Crippen LogP contribution in [0.2, 0.25) is 0 Å². The van der Waals surface area contributed by atoms with Gasteiger partial charge < -0.3 is 5.11 Å². The third-order valence-electron chi connectivity index (χ3n) is 2.07. The van der Waals surface area contributed by atoms with Crippen molar-refractivity contribution in [3.05, 3.63) is 41.7 Å². The first-order valence-corrected chi connectivity index (χ1v) is 4.40. The average Bonchev–Trinajstić information content (AvgIpc) is 2.67. The Kier molecular flexibility index (Phi) is 2.21. The number of aryl methyl sites for hydroxylation is 1. The summed E-state index contributed by atoms with van der Waals surface area (Å²) in [6, 6.07) is 7.56. The van der Waals surface area contributed by atoms with Crippen LogP contribution in [0, 0.1) is 6.92 Å². The zero-order valence-corrected chi connectivity index (χ0v) is 8.08. The quantitative estimate of drug-likeness (QED) is 0.798. The standard InChI is InChI=1S/C10H9N3O2/c1-7-4-2-3-5-9(7)13-6-8(10(14)15)11-12-13/h2-6H,1H3,(H,14,15). The van der Waals surface area contributed by atoms with Gasteiger partial charge in [0.2, 0.25) is 0 Å². The summed E-state index contributed by atoms with van der Waals surface area (Å²) in [5.41, 5.74) is 1.79. The first-order chi connectivity index (χ1) is 7.18. The largest absolute Gasteiger partial charge is 0.476 e. The van der Waals surface area contributed by atoms with E-state index < -0.39 is 5.97 Å². The molecule has 0 fully saturated rings. The van der Waals surface area contributed by atoms with Gasteiger partial charge in [-0.2, -0.15) is 0 Å². The molecule has 0 unspecified atom stereocenters. The van der Waals surface area contributed by atoms with Gasteiger partial charge in [-0.15, -0.1) is 5.10 Å². The highest BCUT2D eigenvalue weighted by molar-refractivity contribution is 5.84. The van der Waals surface area contributed by atoms with E-state index >= 15 is 0 Å². The number of hydrogen-bond acceptors (Lipinski definition) is 3. The average molecular weight is 203 g/mol. The van der Waals surface area contributed by atoms with Gasteiger partial charge in [-0.05, 0) is 18.6 Å². The molecule has 0 spiro atoms. The summed E-state index contributed by atoms with van der Waals surface area (Å²) in [5, 5.41) is 16.0. The fourth-order valence-corrected chi connectivity index (χ4v) is 1.30. The third kappa shape index (κ3) is 1.71. The second-order valence-corrected chi connectivity index (χ2v) is 3.14. The number of carboxylic acid groups (broad SMARTS) is 1. The van der Waals surface area contributed by atoms with E-state index in [0.29, 0.717) is 0 Å². The van der Waals surface area contributed by atoms with Crippen molar-refractivity contribution in [2.45, 2.75) is 6.92 Å². The van der Waals surface area contributed by atoms with Gasteiger partial charge in [-0.25, -0.2) is 9.48 Å². The Morgan fingerprint density at radius 3 is 2.73 bits per heavy atom. The molecule has 1 N–H and O–H groups in total. The summed E-state index contributed by atoms with van der Waals surface area (Å²) in [7, 11) is 0. The van der Waals surface area contributed by atoms with Gasteiger partial charge in [0.05, 0.1) is 11.9 Å². The normalized spacial score (nSPS) is 10.2. The van der Waals surface area contributed by atoms with Crippen molar-refractivity contribution in [1.82, 2.24) is 15.0 Å². The van der Waals surface area contributed by atoms with Crippen LogP contribution >= 0.6 is 0 Å². The lowest BCUT2D eigenvalue weighted by Crippen LogP contribution is -1.97. The Morgan fingerprint density at radius 1 is 1.40 bits per heavy atom. The van der Waals surface area contributed by atoms with Gasteiger partial charge in [0, 0.05) is 0 Å². The molecule has 2 aromatic rings. The van der Waals surface area contributed by atoms with E-state index in [9.17, 15) is 4.79 Å². The van der Waals surface area contributed by atoms with Crippen LogP contribution in [-0.4, -0.2) is 26.1 Å². The molecular formula is C10H9N3O2.